The van der Waals surface area contributed by atoms with Gasteiger partial charge in [0, 0.05) is 5.56 Å². The number of nitrogens with one attached hydrogen (secondary N) is 2. The van der Waals surface area contributed by atoms with E-state index < -0.39 is 5.91 Å². The van der Waals surface area contributed by atoms with Crippen molar-refractivity contribution in [2.24, 2.45) is 5.10 Å². The van der Waals surface area contributed by atoms with Crippen molar-refractivity contribution in [3.8, 4) is 11.5 Å². The lowest BCUT2D eigenvalue weighted by Gasteiger charge is -2.11. The number of phenolic OH excluding ortho intramolecular Hbond substituents is 1. The van der Waals surface area contributed by atoms with E-state index in [0.29, 0.717) is 33.6 Å². The molecule has 0 bridgehead atoms. The Balaban J connectivity index is 1.74. The zero-order valence-electron chi connectivity index (χ0n) is 17.6. The minimum absolute atomic E-state index is 0.00800. The number of nitrogens with zero attached hydrogens (tertiary/aromatic N) is 1. The molecule has 3 aromatic carbocycles. The number of amides is 2. The van der Waals surface area contributed by atoms with Crippen molar-refractivity contribution in [1.82, 2.24) is 5.43 Å². The van der Waals surface area contributed by atoms with Gasteiger partial charge in [0.15, 0.2) is 11.5 Å². The number of hydrogen-bond donors (Lipinski definition) is 3. The third-order valence-electron chi connectivity index (χ3n) is 4.54. The highest BCUT2D eigenvalue weighted by Crippen LogP contribution is 2.35. The smallest absolute Gasteiger partial charge is 0.273 e. The maximum absolute atomic E-state index is 12.7. The van der Waals surface area contributed by atoms with Gasteiger partial charge in [0.05, 0.1) is 28.5 Å². The second-order valence-corrected chi connectivity index (χ2v) is 7.65. The Labute approximate surface area is 194 Å². The number of aryl methyl sites for hydroxylation is 1. The van der Waals surface area contributed by atoms with E-state index in [4.69, 9.17) is 4.74 Å². The Bertz CT molecular complexity index is 1180. The highest BCUT2D eigenvalue weighted by Gasteiger charge is 2.15. The van der Waals surface area contributed by atoms with E-state index in [2.05, 4.69) is 31.8 Å². The molecular weight excluding hydrogens is 474 g/mol. The molecule has 0 aromatic heterocycles. The summed E-state index contributed by atoms with van der Waals surface area (Å²) in [5.74, 6) is -0.487. The lowest BCUT2D eigenvalue weighted by molar-refractivity contribution is 0.0956. The van der Waals surface area contributed by atoms with Crippen LogP contribution in [0.1, 0.15) is 38.8 Å². The fourth-order valence-corrected chi connectivity index (χ4v) is 3.43. The van der Waals surface area contributed by atoms with Gasteiger partial charge < -0.3 is 15.2 Å². The molecule has 0 unspecified atom stereocenters. The molecule has 7 nitrogen and oxygen atoms in total. The molecule has 0 aliphatic rings. The minimum atomic E-state index is -0.482. The summed E-state index contributed by atoms with van der Waals surface area (Å²) < 4.78 is 5.83. The van der Waals surface area contributed by atoms with Crippen molar-refractivity contribution in [2.45, 2.75) is 13.8 Å². The number of phenols is 1. The van der Waals surface area contributed by atoms with Gasteiger partial charge in [0.1, 0.15) is 0 Å². The van der Waals surface area contributed by atoms with Gasteiger partial charge in [-0.05, 0) is 71.2 Å². The van der Waals surface area contributed by atoms with Crippen molar-refractivity contribution in [1.29, 1.82) is 0 Å². The number of hydrogen-bond acceptors (Lipinski definition) is 5. The van der Waals surface area contributed by atoms with Crippen LogP contribution in [0.15, 0.2) is 70.2 Å². The van der Waals surface area contributed by atoms with Gasteiger partial charge >= 0.3 is 0 Å². The fourth-order valence-electron chi connectivity index (χ4n) is 2.97. The van der Waals surface area contributed by atoms with Crippen LogP contribution >= 0.6 is 15.9 Å². The number of para-hydroxylation sites is 1. The van der Waals surface area contributed by atoms with Crippen LogP contribution in [0, 0.1) is 6.92 Å². The van der Waals surface area contributed by atoms with Gasteiger partial charge in [-0.25, -0.2) is 5.43 Å². The third-order valence-corrected chi connectivity index (χ3v) is 5.14. The maximum atomic E-state index is 12.7. The molecule has 0 aliphatic carbocycles. The first-order valence-electron chi connectivity index (χ1n) is 9.85. The summed E-state index contributed by atoms with van der Waals surface area (Å²) in [4.78, 5) is 25.3. The van der Waals surface area contributed by atoms with Gasteiger partial charge in [-0.3, -0.25) is 9.59 Å². The monoisotopic (exact) mass is 495 g/mol. The first-order valence-corrected chi connectivity index (χ1v) is 10.6. The van der Waals surface area contributed by atoms with Crippen LogP contribution in [0.2, 0.25) is 0 Å². The first kappa shape index (κ1) is 23.0. The summed E-state index contributed by atoms with van der Waals surface area (Å²) in [6.45, 7) is 4.05. The number of hydrazone groups is 1. The molecule has 0 saturated heterocycles. The predicted molar refractivity (Wildman–Crippen MR) is 128 cm³/mol. The standard InChI is InChI=1S/C24H22BrN3O4/c1-3-32-21-13-16(12-19(25)22(21)29)14-26-28-24(31)18-10-6-7-11-20(18)27-23(30)17-9-5-4-8-15(17)2/h4-14,29H,3H2,1-2H3,(H,27,30)(H,28,31)/b26-14+. The van der Waals surface area contributed by atoms with Crippen molar-refractivity contribution < 1.29 is 19.4 Å². The number of carbonyl (C=O) groups excluding carboxylic acids is 2. The quantitative estimate of drug-likeness (QED) is 0.321. The topological polar surface area (TPSA) is 100 Å². The SMILES string of the molecule is CCOc1cc(/C=N/NC(=O)c2ccccc2NC(=O)c2ccccc2C)cc(Br)c1O. The molecule has 0 fully saturated rings. The molecule has 3 N–H and O–H groups in total. The number of anilines is 1. The second-order valence-electron chi connectivity index (χ2n) is 6.80. The largest absolute Gasteiger partial charge is 0.503 e. The third kappa shape index (κ3) is 5.53. The number of carbonyl (C=O) groups is 2. The Morgan fingerprint density at radius 2 is 1.75 bits per heavy atom. The molecule has 0 heterocycles. The first-order chi connectivity index (χ1) is 15.4. The van der Waals surface area contributed by atoms with Crippen LogP contribution in [0.5, 0.6) is 11.5 Å². The number of ether oxygens (including phenoxy) is 1. The molecule has 32 heavy (non-hydrogen) atoms. The van der Waals surface area contributed by atoms with Crippen LogP contribution in [0.3, 0.4) is 0 Å². The van der Waals surface area contributed by atoms with Gasteiger partial charge in [0.25, 0.3) is 11.8 Å². The zero-order valence-corrected chi connectivity index (χ0v) is 19.1. The minimum Gasteiger partial charge on any atom is -0.503 e. The number of rotatable bonds is 7. The van der Waals surface area contributed by atoms with Crippen LogP contribution in [-0.4, -0.2) is 29.7 Å². The fraction of sp³-hybridized carbons (Fsp3) is 0.125. The van der Waals surface area contributed by atoms with E-state index in [1.54, 1.807) is 48.5 Å². The highest BCUT2D eigenvalue weighted by molar-refractivity contribution is 9.10. The van der Waals surface area contributed by atoms with Crippen molar-refractivity contribution in [3.05, 3.63) is 87.4 Å². The van der Waals surface area contributed by atoms with Gasteiger partial charge in [-0.15, -0.1) is 0 Å². The van der Waals surface area contributed by atoms with Gasteiger partial charge in [-0.2, -0.15) is 5.10 Å². The molecular formula is C24H22BrN3O4. The summed E-state index contributed by atoms with van der Waals surface area (Å²) in [6, 6.07) is 17.2. The number of benzene rings is 3. The summed E-state index contributed by atoms with van der Waals surface area (Å²) >= 11 is 3.26. The van der Waals surface area contributed by atoms with Crippen LogP contribution in [0.4, 0.5) is 5.69 Å². The van der Waals surface area contributed by atoms with Crippen molar-refractivity contribution in [2.75, 3.05) is 11.9 Å². The van der Waals surface area contributed by atoms with Crippen LogP contribution in [-0.2, 0) is 0 Å². The van der Waals surface area contributed by atoms with Crippen molar-refractivity contribution >= 4 is 39.6 Å². The molecule has 0 atom stereocenters. The van der Waals surface area contributed by atoms with Crippen LogP contribution in [0.25, 0.3) is 0 Å². The highest BCUT2D eigenvalue weighted by atomic mass is 79.9. The van der Waals surface area contributed by atoms with E-state index in [1.807, 2.05) is 26.0 Å². The molecule has 3 rings (SSSR count). The molecule has 8 heteroatoms. The molecule has 0 radical (unpaired) electrons. The number of halogens is 1. The number of aromatic hydroxyl groups is 1. The molecule has 0 aliphatic heterocycles. The van der Waals surface area contributed by atoms with E-state index >= 15 is 0 Å². The Hall–Kier alpha value is -3.65. The van der Waals surface area contributed by atoms with E-state index in [0.717, 1.165) is 5.56 Å². The molecule has 164 valence electrons. The molecule has 0 spiro atoms. The Morgan fingerprint density at radius 1 is 1.06 bits per heavy atom. The van der Waals surface area contributed by atoms with Crippen molar-refractivity contribution in [3.63, 3.8) is 0 Å². The Kier molecular flexibility index (Phi) is 7.62. The summed E-state index contributed by atoms with van der Waals surface area (Å²) in [7, 11) is 0. The average molecular weight is 496 g/mol. The normalized spacial score (nSPS) is 10.7. The van der Waals surface area contributed by atoms with Crippen LogP contribution < -0.4 is 15.5 Å². The summed E-state index contributed by atoms with van der Waals surface area (Å²) in [5.41, 5.74) is 5.08. The lowest BCUT2D eigenvalue weighted by atomic mass is 10.1. The van der Waals surface area contributed by atoms with Gasteiger partial charge in [0.2, 0.25) is 0 Å². The zero-order chi connectivity index (χ0) is 23.1. The summed E-state index contributed by atoms with van der Waals surface area (Å²) in [6.07, 6.45) is 1.43. The second kappa shape index (κ2) is 10.6. The molecule has 0 saturated carbocycles. The van der Waals surface area contributed by atoms with E-state index in [-0.39, 0.29) is 17.2 Å². The summed E-state index contributed by atoms with van der Waals surface area (Å²) in [5, 5.41) is 16.8. The average Bonchev–Trinajstić information content (AvgIpc) is 2.77. The Morgan fingerprint density at radius 3 is 2.47 bits per heavy atom. The van der Waals surface area contributed by atoms with Gasteiger partial charge in [-0.1, -0.05) is 30.3 Å². The lowest BCUT2D eigenvalue weighted by Crippen LogP contribution is -2.21. The molecule has 3 aromatic rings. The van der Waals surface area contributed by atoms with E-state index in [1.165, 1.54) is 6.21 Å². The van der Waals surface area contributed by atoms with E-state index in [9.17, 15) is 14.7 Å². The molecule has 2 amide bonds. The predicted octanol–water partition coefficient (Wildman–Crippen LogP) is 4.88. The maximum Gasteiger partial charge on any atom is 0.273 e.